The summed E-state index contributed by atoms with van der Waals surface area (Å²) in [5, 5.41) is 5.61. The summed E-state index contributed by atoms with van der Waals surface area (Å²) >= 11 is 3.38. The third-order valence-corrected chi connectivity index (χ3v) is 4.22. The standard InChI is InChI=1S/C19H21BrN2O2/c1-11-7-13(3)19(14(4)8-11)22-18(24)10-17(23)21-16-6-5-15(20)9-12(16)2/h5-9H,10H2,1-4H3,(H,21,23)(H,22,24). The molecular weight excluding hydrogens is 368 g/mol. The minimum absolute atomic E-state index is 0.220. The fraction of sp³-hybridized carbons (Fsp3) is 0.263. The van der Waals surface area contributed by atoms with Gasteiger partial charge in [0.25, 0.3) is 0 Å². The molecule has 0 aliphatic heterocycles. The van der Waals surface area contributed by atoms with E-state index in [9.17, 15) is 9.59 Å². The molecule has 0 spiro atoms. The third-order valence-electron chi connectivity index (χ3n) is 3.73. The Labute approximate surface area is 150 Å². The summed E-state index contributed by atoms with van der Waals surface area (Å²) in [6.45, 7) is 7.81. The zero-order valence-electron chi connectivity index (χ0n) is 14.3. The minimum atomic E-state index is -0.333. The van der Waals surface area contributed by atoms with Crippen LogP contribution in [-0.2, 0) is 9.59 Å². The molecular formula is C19H21BrN2O2. The molecule has 2 aromatic rings. The van der Waals surface area contributed by atoms with Crippen LogP contribution in [0.15, 0.2) is 34.8 Å². The summed E-state index contributed by atoms with van der Waals surface area (Å²) in [6.07, 6.45) is -0.220. The number of amides is 2. The molecule has 2 aromatic carbocycles. The van der Waals surface area contributed by atoms with Gasteiger partial charge in [-0.3, -0.25) is 9.59 Å². The van der Waals surface area contributed by atoms with E-state index in [1.165, 1.54) is 0 Å². The number of hydrogen-bond acceptors (Lipinski definition) is 2. The Kier molecular flexibility index (Phi) is 5.78. The second kappa shape index (κ2) is 7.62. The molecule has 2 N–H and O–H groups in total. The second-order valence-corrected chi connectivity index (χ2v) is 6.92. The van der Waals surface area contributed by atoms with Crippen LogP contribution in [0.4, 0.5) is 11.4 Å². The van der Waals surface area contributed by atoms with Crippen LogP contribution in [0.1, 0.15) is 28.7 Å². The summed E-state index contributed by atoms with van der Waals surface area (Å²) in [5.74, 6) is -0.655. The van der Waals surface area contributed by atoms with Crippen molar-refractivity contribution in [1.29, 1.82) is 0 Å². The van der Waals surface area contributed by atoms with E-state index >= 15 is 0 Å². The van der Waals surface area contributed by atoms with E-state index in [0.717, 1.165) is 32.4 Å². The first-order valence-electron chi connectivity index (χ1n) is 7.70. The number of carbonyl (C=O) groups is 2. The predicted octanol–water partition coefficient (Wildman–Crippen LogP) is 4.65. The van der Waals surface area contributed by atoms with Gasteiger partial charge in [0, 0.05) is 15.8 Å². The zero-order valence-corrected chi connectivity index (χ0v) is 15.9. The largest absolute Gasteiger partial charge is 0.325 e. The van der Waals surface area contributed by atoms with E-state index in [2.05, 4.69) is 26.6 Å². The molecule has 5 heteroatoms. The Bertz CT molecular complexity index is 777. The van der Waals surface area contributed by atoms with E-state index in [1.807, 2.05) is 58.0 Å². The number of rotatable bonds is 4. The van der Waals surface area contributed by atoms with Crippen molar-refractivity contribution in [2.24, 2.45) is 0 Å². The monoisotopic (exact) mass is 388 g/mol. The van der Waals surface area contributed by atoms with Crippen molar-refractivity contribution in [2.75, 3.05) is 10.6 Å². The summed E-state index contributed by atoms with van der Waals surface area (Å²) in [5.41, 5.74) is 5.54. The summed E-state index contributed by atoms with van der Waals surface area (Å²) < 4.78 is 0.945. The Morgan fingerprint density at radius 2 is 1.46 bits per heavy atom. The highest BCUT2D eigenvalue weighted by molar-refractivity contribution is 9.10. The maximum absolute atomic E-state index is 12.2. The van der Waals surface area contributed by atoms with Gasteiger partial charge in [-0.15, -0.1) is 0 Å². The van der Waals surface area contributed by atoms with Gasteiger partial charge in [-0.05, 0) is 62.6 Å². The highest BCUT2D eigenvalue weighted by Crippen LogP contribution is 2.23. The Hall–Kier alpha value is -2.14. The molecule has 0 atom stereocenters. The number of hydrogen-bond donors (Lipinski definition) is 2. The molecule has 0 heterocycles. The number of benzene rings is 2. The molecule has 0 aliphatic carbocycles. The van der Waals surface area contributed by atoms with Crippen molar-refractivity contribution >= 4 is 39.1 Å². The van der Waals surface area contributed by atoms with Crippen LogP contribution in [0, 0.1) is 27.7 Å². The van der Waals surface area contributed by atoms with Gasteiger partial charge in [0.1, 0.15) is 6.42 Å². The van der Waals surface area contributed by atoms with E-state index in [1.54, 1.807) is 0 Å². The Morgan fingerprint density at radius 1 is 0.875 bits per heavy atom. The van der Waals surface area contributed by atoms with E-state index in [0.29, 0.717) is 5.69 Å². The first-order valence-corrected chi connectivity index (χ1v) is 8.49. The number of halogens is 1. The molecule has 4 nitrogen and oxygen atoms in total. The van der Waals surface area contributed by atoms with Crippen LogP contribution in [0.3, 0.4) is 0 Å². The van der Waals surface area contributed by atoms with Gasteiger partial charge in [-0.1, -0.05) is 33.6 Å². The highest BCUT2D eigenvalue weighted by atomic mass is 79.9. The van der Waals surface area contributed by atoms with Crippen molar-refractivity contribution in [1.82, 2.24) is 0 Å². The van der Waals surface area contributed by atoms with Gasteiger partial charge < -0.3 is 10.6 Å². The van der Waals surface area contributed by atoms with Crippen molar-refractivity contribution in [2.45, 2.75) is 34.1 Å². The van der Waals surface area contributed by atoms with Gasteiger partial charge in [0.05, 0.1) is 0 Å². The average molecular weight is 389 g/mol. The summed E-state index contributed by atoms with van der Waals surface area (Å²) in [7, 11) is 0. The quantitative estimate of drug-likeness (QED) is 0.748. The first kappa shape index (κ1) is 18.2. The van der Waals surface area contributed by atoms with Crippen molar-refractivity contribution in [3.63, 3.8) is 0 Å². The van der Waals surface area contributed by atoms with Crippen molar-refractivity contribution in [3.8, 4) is 0 Å². The van der Waals surface area contributed by atoms with Crippen LogP contribution in [0.5, 0.6) is 0 Å². The molecule has 24 heavy (non-hydrogen) atoms. The average Bonchev–Trinajstić information content (AvgIpc) is 2.45. The molecule has 0 saturated carbocycles. The van der Waals surface area contributed by atoms with Crippen LogP contribution in [0.25, 0.3) is 0 Å². The maximum Gasteiger partial charge on any atom is 0.233 e. The Balaban J connectivity index is 2.01. The number of carbonyl (C=O) groups excluding carboxylic acids is 2. The topological polar surface area (TPSA) is 58.2 Å². The van der Waals surface area contributed by atoms with Gasteiger partial charge >= 0.3 is 0 Å². The van der Waals surface area contributed by atoms with Crippen molar-refractivity contribution < 1.29 is 9.59 Å². The third kappa shape index (κ3) is 4.68. The fourth-order valence-electron chi connectivity index (χ4n) is 2.67. The molecule has 0 fully saturated rings. The fourth-order valence-corrected chi connectivity index (χ4v) is 3.14. The van der Waals surface area contributed by atoms with Crippen LogP contribution in [0.2, 0.25) is 0 Å². The molecule has 0 unspecified atom stereocenters. The lowest BCUT2D eigenvalue weighted by Gasteiger charge is -2.13. The highest BCUT2D eigenvalue weighted by Gasteiger charge is 2.13. The second-order valence-electron chi connectivity index (χ2n) is 6.01. The van der Waals surface area contributed by atoms with E-state index in [4.69, 9.17) is 0 Å². The lowest BCUT2D eigenvalue weighted by atomic mass is 10.0. The lowest BCUT2D eigenvalue weighted by molar-refractivity contribution is -0.123. The Morgan fingerprint density at radius 3 is 2.04 bits per heavy atom. The maximum atomic E-state index is 12.2. The minimum Gasteiger partial charge on any atom is -0.325 e. The van der Waals surface area contributed by atoms with Gasteiger partial charge in [-0.25, -0.2) is 0 Å². The van der Waals surface area contributed by atoms with Crippen molar-refractivity contribution in [3.05, 3.63) is 57.1 Å². The molecule has 0 aromatic heterocycles. The number of aryl methyl sites for hydroxylation is 4. The first-order chi connectivity index (χ1) is 11.3. The smallest absolute Gasteiger partial charge is 0.233 e. The summed E-state index contributed by atoms with van der Waals surface area (Å²) in [6, 6.07) is 9.58. The van der Waals surface area contributed by atoms with Crippen LogP contribution < -0.4 is 10.6 Å². The van der Waals surface area contributed by atoms with Gasteiger partial charge in [0.2, 0.25) is 11.8 Å². The number of anilines is 2. The van der Waals surface area contributed by atoms with Crippen LogP contribution >= 0.6 is 15.9 Å². The molecule has 2 amide bonds. The molecule has 2 rings (SSSR count). The molecule has 0 radical (unpaired) electrons. The lowest BCUT2D eigenvalue weighted by Crippen LogP contribution is -2.22. The SMILES string of the molecule is Cc1cc(C)c(NC(=O)CC(=O)Nc2ccc(Br)cc2C)c(C)c1. The molecule has 0 aliphatic rings. The molecule has 126 valence electrons. The molecule has 0 saturated heterocycles. The zero-order chi connectivity index (χ0) is 17.9. The van der Waals surface area contributed by atoms with Gasteiger partial charge in [0.15, 0.2) is 0 Å². The molecule has 0 bridgehead atoms. The summed E-state index contributed by atoms with van der Waals surface area (Å²) in [4.78, 5) is 24.3. The van der Waals surface area contributed by atoms with Crippen LogP contribution in [-0.4, -0.2) is 11.8 Å². The predicted molar refractivity (Wildman–Crippen MR) is 101 cm³/mol. The normalized spacial score (nSPS) is 10.4. The van der Waals surface area contributed by atoms with Gasteiger partial charge in [-0.2, -0.15) is 0 Å². The van der Waals surface area contributed by atoms with E-state index < -0.39 is 0 Å². The van der Waals surface area contributed by atoms with E-state index in [-0.39, 0.29) is 18.2 Å². The number of nitrogens with one attached hydrogen (secondary N) is 2.